The van der Waals surface area contributed by atoms with Gasteiger partial charge in [-0.1, -0.05) is 12.1 Å². The van der Waals surface area contributed by atoms with Crippen LogP contribution < -0.4 is 20.4 Å². The van der Waals surface area contributed by atoms with Crippen molar-refractivity contribution in [1.29, 1.82) is 0 Å². The van der Waals surface area contributed by atoms with Gasteiger partial charge in [0, 0.05) is 67.3 Å². The first-order valence-electron chi connectivity index (χ1n) is 21.0. The van der Waals surface area contributed by atoms with Gasteiger partial charge in [0.05, 0.1) is 93.6 Å². The molecular formula is C45H41F5N10O3. The Balaban J connectivity index is 0.924. The lowest BCUT2D eigenvalue weighted by atomic mass is 9.95. The molecule has 0 amide bonds. The van der Waals surface area contributed by atoms with Crippen LogP contribution in [0.3, 0.4) is 0 Å². The van der Waals surface area contributed by atoms with Crippen molar-refractivity contribution in [3.8, 4) is 0 Å². The minimum Gasteiger partial charge on any atom is -0.461 e. The highest BCUT2D eigenvalue weighted by Gasteiger charge is 2.40. The maximum absolute atomic E-state index is 16.4. The molecule has 13 nitrogen and oxygen atoms in total. The summed E-state index contributed by atoms with van der Waals surface area (Å²) < 4.78 is 93.2. The number of pyridine rings is 2. The SMILES string of the molecule is Cc1nnc(N[C@H](C)c2cc(F)c(Cc3nnc(N[C@H](C)c4cccc5c(F)coc45)c4cc(N5CC6CC(C5)O6)cnc34)c(C(F)(F)F)c2)c2cc(N3CC4CC(C3)O4)cnc12. The Morgan fingerprint density at radius 3 is 1.95 bits per heavy atom. The molecule has 5 aromatic heterocycles. The number of morpholine rings is 2. The van der Waals surface area contributed by atoms with Crippen LogP contribution in [0.1, 0.15) is 72.4 Å². The van der Waals surface area contributed by atoms with E-state index < -0.39 is 47.4 Å². The molecule has 63 heavy (non-hydrogen) atoms. The number of piperidine rings is 2. The Kier molecular flexibility index (Phi) is 9.38. The minimum atomic E-state index is -4.93. The molecule has 4 bridgehead atoms. The number of ether oxygens (including phenoxy) is 2. The molecule has 6 aliphatic heterocycles. The van der Waals surface area contributed by atoms with E-state index in [-0.39, 0.29) is 41.2 Å². The van der Waals surface area contributed by atoms with Crippen molar-refractivity contribution in [3.05, 3.63) is 106 Å². The van der Waals surface area contributed by atoms with Crippen LogP contribution in [-0.4, -0.2) is 81.0 Å². The van der Waals surface area contributed by atoms with Crippen molar-refractivity contribution in [1.82, 2.24) is 30.4 Å². The molecule has 6 aliphatic rings. The number of halogens is 5. The van der Waals surface area contributed by atoms with Gasteiger partial charge in [-0.2, -0.15) is 23.4 Å². The van der Waals surface area contributed by atoms with E-state index in [1.807, 2.05) is 19.1 Å². The third-order valence-corrected chi connectivity index (χ3v) is 12.8. The smallest absolute Gasteiger partial charge is 0.416 e. The number of aryl methyl sites for hydroxylation is 1. The van der Waals surface area contributed by atoms with Gasteiger partial charge in [-0.3, -0.25) is 9.97 Å². The summed E-state index contributed by atoms with van der Waals surface area (Å²) in [7, 11) is 0. The van der Waals surface area contributed by atoms with E-state index in [0.29, 0.717) is 63.2 Å². The summed E-state index contributed by atoms with van der Waals surface area (Å²) in [5, 5.41) is 25.4. The minimum absolute atomic E-state index is 0.0544. The molecule has 2 N–H and O–H groups in total. The number of furan rings is 1. The van der Waals surface area contributed by atoms with E-state index in [1.165, 1.54) is 0 Å². The Morgan fingerprint density at radius 2 is 1.32 bits per heavy atom. The number of anilines is 4. The topological polar surface area (TPSA) is 139 Å². The van der Waals surface area contributed by atoms with E-state index in [0.717, 1.165) is 55.7 Å². The lowest BCUT2D eigenvalue weighted by molar-refractivity contribution is -0.138. The van der Waals surface area contributed by atoms with Crippen LogP contribution in [0.25, 0.3) is 32.8 Å². The van der Waals surface area contributed by atoms with Gasteiger partial charge in [-0.25, -0.2) is 8.78 Å². The standard InChI is InChI=1S/C45H41F5N10O3/c1-21(53-43-34-9-25(14-51-40(34)23(3)55-57-43)59-16-27-11-28(17-59)62-27)24-7-36(45(48,49)50)33(37(46)8-24)13-39-41-35(10-26(15-52-41)60-18-29-12-30(19-60)63-29)44(58-56-39)54-22(2)31-5-4-6-32-38(47)20-61-42(31)32/h4-10,14-15,20-22,27-30H,11-13,16-19H2,1-3H3,(H,53,57)(H,54,58)/t21-,22-,27?,28?,29?,30?/m1/s1. The van der Waals surface area contributed by atoms with E-state index in [4.69, 9.17) is 18.9 Å². The lowest BCUT2D eigenvalue weighted by Gasteiger charge is -2.47. The number of nitrogens with one attached hydrogen (secondary N) is 2. The fourth-order valence-electron chi connectivity index (χ4n) is 9.50. The van der Waals surface area contributed by atoms with Gasteiger partial charge in [0.25, 0.3) is 0 Å². The quantitative estimate of drug-likeness (QED) is 0.127. The molecule has 7 aromatic rings. The average Bonchev–Trinajstić information content (AvgIpc) is 3.65. The fraction of sp³-hybridized carbons (Fsp3) is 0.378. The van der Waals surface area contributed by atoms with Crippen LogP contribution in [0.15, 0.2) is 65.5 Å². The number of fused-ring (bicyclic) bond motifs is 7. The van der Waals surface area contributed by atoms with Gasteiger partial charge < -0.3 is 34.3 Å². The second kappa shape index (κ2) is 14.9. The summed E-state index contributed by atoms with van der Waals surface area (Å²) >= 11 is 0. The second-order valence-corrected chi connectivity index (χ2v) is 17.1. The Bertz CT molecular complexity index is 2920. The van der Waals surface area contributed by atoms with Gasteiger partial charge in [0.2, 0.25) is 0 Å². The number of hydrogen-bond donors (Lipinski definition) is 2. The predicted molar refractivity (Wildman–Crippen MR) is 225 cm³/mol. The first-order chi connectivity index (χ1) is 30.3. The molecule has 4 unspecified atom stereocenters. The molecular weight excluding hydrogens is 824 g/mol. The number of hydrogen-bond acceptors (Lipinski definition) is 13. The summed E-state index contributed by atoms with van der Waals surface area (Å²) in [4.78, 5) is 13.8. The van der Waals surface area contributed by atoms with Crippen LogP contribution in [0.2, 0.25) is 0 Å². The highest BCUT2D eigenvalue weighted by atomic mass is 19.4. The molecule has 6 saturated heterocycles. The predicted octanol–water partition coefficient (Wildman–Crippen LogP) is 8.61. The van der Waals surface area contributed by atoms with Crippen LogP contribution in [0, 0.1) is 18.6 Å². The maximum atomic E-state index is 16.4. The van der Waals surface area contributed by atoms with E-state index in [1.54, 1.807) is 44.4 Å². The first-order valence-corrected chi connectivity index (χ1v) is 21.0. The molecule has 0 radical (unpaired) electrons. The van der Waals surface area contributed by atoms with E-state index in [2.05, 4.69) is 45.8 Å². The van der Waals surface area contributed by atoms with Crippen LogP contribution in [0.5, 0.6) is 0 Å². The van der Waals surface area contributed by atoms with Crippen LogP contribution in [-0.2, 0) is 22.1 Å². The molecule has 11 heterocycles. The molecule has 0 spiro atoms. The molecule has 6 atom stereocenters. The van der Waals surface area contributed by atoms with E-state index in [9.17, 15) is 4.39 Å². The number of para-hydroxylation sites is 1. The van der Waals surface area contributed by atoms with Crippen molar-refractivity contribution in [2.24, 2.45) is 0 Å². The maximum Gasteiger partial charge on any atom is 0.416 e. The first kappa shape index (κ1) is 39.6. The Morgan fingerprint density at radius 1 is 0.730 bits per heavy atom. The summed E-state index contributed by atoms with van der Waals surface area (Å²) in [6.07, 6.45) is 1.54. The fourth-order valence-corrected chi connectivity index (χ4v) is 9.50. The normalized spacial score (nSPS) is 21.7. The number of rotatable bonds is 10. The molecule has 0 aliphatic carbocycles. The molecule has 0 saturated carbocycles. The largest absolute Gasteiger partial charge is 0.461 e. The summed E-state index contributed by atoms with van der Waals surface area (Å²) in [5.41, 5.74) is 2.48. The lowest BCUT2D eigenvalue weighted by Crippen LogP contribution is -2.57. The number of nitrogens with zero attached hydrogens (tertiary/aromatic N) is 8. The number of aromatic nitrogens is 6. The van der Waals surface area contributed by atoms with Gasteiger partial charge in [0.15, 0.2) is 17.5 Å². The van der Waals surface area contributed by atoms with Crippen molar-refractivity contribution in [3.63, 3.8) is 0 Å². The van der Waals surface area contributed by atoms with Gasteiger partial charge in [-0.05, 0) is 56.7 Å². The highest BCUT2D eigenvalue weighted by Crippen LogP contribution is 2.40. The monoisotopic (exact) mass is 864 g/mol. The van der Waals surface area contributed by atoms with Crippen molar-refractivity contribution in [2.75, 3.05) is 46.6 Å². The Hall–Kier alpha value is -6.27. The molecule has 18 heteroatoms. The number of alkyl halides is 3. The average molecular weight is 865 g/mol. The highest BCUT2D eigenvalue weighted by molar-refractivity contribution is 5.94. The summed E-state index contributed by atoms with van der Waals surface area (Å²) in [6, 6.07) is 9.73. The molecule has 6 fully saturated rings. The van der Waals surface area contributed by atoms with Crippen LogP contribution in [0.4, 0.5) is 45.0 Å². The van der Waals surface area contributed by atoms with Crippen molar-refractivity contribution in [2.45, 2.75) is 82.7 Å². The van der Waals surface area contributed by atoms with Gasteiger partial charge in [-0.15, -0.1) is 10.2 Å². The summed E-state index contributed by atoms with van der Waals surface area (Å²) in [6.45, 7) is 8.04. The van der Waals surface area contributed by atoms with E-state index >= 15 is 17.6 Å². The zero-order valence-electron chi connectivity index (χ0n) is 34.4. The van der Waals surface area contributed by atoms with Crippen molar-refractivity contribution < 1.29 is 35.8 Å². The molecule has 2 aromatic carbocycles. The number of benzene rings is 2. The summed E-state index contributed by atoms with van der Waals surface area (Å²) in [5.74, 6) is -0.945. The van der Waals surface area contributed by atoms with Crippen LogP contribution >= 0.6 is 0 Å². The Labute approximate surface area is 357 Å². The third-order valence-electron chi connectivity index (χ3n) is 12.8. The van der Waals surface area contributed by atoms with Gasteiger partial charge >= 0.3 is 6.18 Å². The molecule has 13 rings (SSSR count). The second-order valence-electron chi connectivity index (χ2n) is 17.1. The third kappa shape index (κ3) is 7.08. The zero-order chi connectivity index (χ0) is 43.3. The zero-order valence-corrected chi connectivity index (χ0v) is 34.4. The van der Waals surface area contributed by atoms with Crippen molar-refractivity contribution >= 4 is 55.8 Å². The molecule has 324 valence electrons. The van der Waals surface area contributed by atoms with Gasteiger partial charge in [0.1, 0.15) is 17.7 Å².